The second-order valence-corrected chi connectivity index (χ2v) is 11.9. The topological polar surface area (TPSA) is 98.8 Å². The van der Waals surface area contributed by atoms with Crippen molar-refractivity contribution in [2.75, 3.05) is 6.61 Å². The number of hydrogen-bond acceptors (Lipinski definition) is 6. The van der Waals surface area contributed by atoms with Crippen molar-refractivity contribution in [2.45, 2.75) is 98.1 Å². The standard InChI is InChI=1S/C29H41NO6/c1-17(30-27(34)16-35-18(2)31)6-7-20-14-22(33)15-21-8-9-23-24-10-11-26(36-19(3)32)28(24,4)13-12-25(23)29(20,21)5/h14-15,17,23-26H,6-13,16H2,1-5H3,(H,30,34)/t17-,23+,24+,25+,26+,28+,29+/m1/s1. The molecular weight excluding hydrogens is 458 g/mol. The Kier molecular flexibility index (Phi) is 7.50. The summed E-state index contributed by atoms with van der Waals surface area (Å²) in [6, 6.07) is -0.102. The summed E-state index contributed by atoms with van der Waals surface area (Å²) in [5.74, 6) is 0.619. The van der Waals surface area contributed by atoms with Crippen LogP contribution in [0.3, 0.4) is 0 Å². The largest absolute Gasteiger partial charge is 0.462 e. The molecule has 0 aromatic heterocycles. The average Bonchev–Trinajstić information content (AvgIpc) is 3.12. The Hall–Kier alpha value is -2.44. The molecule has 36 heavy (non-hydrogen) atoms. The predicted octanol–water partition coefficient (Wildman–Crippen LogP) is 4.44. The molecule has 0 aromatic carbocycles. The Morgan fingerprint density at radius 3 is 2.50 bits per heavy atom. The molecule has 4 aliphatic carbocycles. The van der Waals surface area contributed by atoms with Crippen LogP contribution in [0.15, 0.2) is 23.3 Å². The molecule has 0 bridgehead atoms. The molecule has 7 atom stereocenters. The molecule has 3 saturated carbocycles. The molecule has 0 spiro atoms. The molecular formula is C29H41NO6. The van der Waals surface area contributed by atoms with Crippen LogP contribution < -0.4 is 5.32 Å². The van der Waals surface area contributed by atoms with Crippen molar-refractivity contribution in [3.05, 3.63) is 23.3 Å². The van der Waals surface area contributed by atoms with E-state index in [1.54, 1.807) is 0 Å². The van der Waals surface area contributed by atoms with Crippen molar-refractivity contribution < 1.29 is 28.7 Å². The minimum absolute atomic E-state index is 0.00471. The molecule has 4 rings (SSSR count). The number of nitrogens with one attached hydrogen (secondary N) is 1. The van der Waals surface area contributed by atoms with E-state index >= 15 is 0 Å². The second-order valence-electron chi connectivity index (χ2n) is 11.9. The van der Waals surface area contributed by atoms with Gasteiger partial charge in [0.05, 0.1) is 0 Å². The molecule has 0 aromatic rings. The first kappa shape index (κ1) is 26.6. The zero-order chi connectivity index (χ0) is 26.3. The van der Waals surface area contributed by atoms with Gasteiger partial charge >= 0.3 is 11.9 Å². The summed E-state index contributed by atoms with van der Waals surface area (Å²) in [4.78, 5) is 47.5. The number of ether oxygens (including phenoxy) is 2. The SMILES string of the molecule is CC(=O)OCC(=O)N[C@H](C)CCC1=CC(=O)C=C2CC[C@@H]3[C@H](CC[C@]4(C)[C@@H](OC(C)=O)CC[C@@H]34)[C@]21C. The van der Waals surface area contributed by atoms with Crippen molar-refractivity contribution in [3.63, 3.8) is 0 Å². The van der Waals surface area contributed by atoms with Gasteiger partial charge in [0.1, 0.15) is 6.10 Å². The van der Waals surface area contributed by atoms with Crippen LogP contribution in [-0.2, 0) is 28.7 Å². The quantitative estimate of drug-likeness (QED) is 0.520. The fraction of sp³-hybridized carbons (Fsp3) is 0.724. The maximum absolute atomic E-state index is 12.7. The lowest BCUT2D eigenvalue weighted by Crippen LogP contribution is -2.52. The maximum Gasteiger partial charge on any atom is 0.303 e. The van der Waals surface area contributed by atoms with Crippen LogP contribution in [-0.4, -0.2) is 42.4 Å². The van der Waals surface area contributed by atoms with Crippen LogP contribution in [0.1, 0.15) is 86.0 Å². The van der Waals surface area contributed by atoms with Gasteiger partial charge in [-0.1, -0.05) is 25.0 Å². The van der Waals surface area contributed by atoms with E-state index in [1.807, 2.05) is 19.1 Å². The summed E-state index contributed by atoms with van der Waals surface area (Å²) in [5.41, 5.74) is 2.31. The van der Waals surface area contributed by atoms with E-state index in [0.29, 0.717) is 24.2 Å². The van der Waals surface area contributed by atoms with Gasteiger partial charge in [-0.15, -0.1) is 0 Å². The fourth-order valence-electron chi connectivity index (χ4n) is 8.03. The van der Waals surface area contributed by atoms with Crippen molar-refractivity contribution in [1.82, 2.24) is 5.32 Å². The normalized spacial score (nSPS) is 35.9. The van der Waals surface area contributed by atoms with E-state index in [0.717, 1.165) is 44.9 Å². The summed E-state index contributed by atoms with van der Waals surface area (Å²) in [5, 5.41) is 2.90. The van der Waals surface area contributed by atoms with Crippen LogP contribution in [0.5, 0.6) is 0 Å². The molecule has 7 nitrogen and oxygen atoms in total. The number of amides is 1. The van der Waals surface area contributed by atoms with Crippen LogP contribution in [0, 0.1) is 28.6 Å². The monoisotopic (exact) mass is 499 g/mol. The highest BCUT2D eigenvalue weighted by Gasteiger charge is 2.60. The number of carbonyl (C=O) groups excluding carboxylic acids is 4. The van der Waals surface area contributed by atoms with Gasteiger partial charge in [0.15, 0.2) is 12.4 Å². The van der Waals surface area contributed by atoms with Gasteiger partial charge in [0.25, 0.3) is 5.91 Å². The first-order valence-electron chi connectivity index (χ1n) is 13.5. The van der Waals surface area contributed by atoms with E-state index in [-0.39, 0.29) is 47.2 Å². The van der Waals surface area contributed by atoms with Crippen LogP contribution in [0.4, 0.5) is 0 Å². The lowest BCUT2D eigenvalue weighted by Gasteiger charge is -2.58. The Balaban J connectivity index is 1.49. The molecule has 0 saturated heterocycles. The molecule has 1 N–H and O–H groups in total. The van der Waals surface area contributed by atoms with E-state index in [9.17, 15) is 19.2 Å². The van der Waals surface area contributed by atoms with Crippen molar-refractivity contribution >= 4 is 23.6 Å². The first-order valence-corrected chi connectivity index (χ1v) is 13.5. The van der Waals surface area contributed by atoms with Gasteiger partial charge in [0.2, 0.25) is 0 Å². The fourth-order valence-corrected chi connectivity index (χ4v) is 8.03. The second kappa shape index (κ2) is 10.1. The molecule has 198 valence electrons. The third-order valence-corrected chi connectivity index (χ3v) is 9.77. The molecule has 0 heterocycles. The van der Waals surface area contributed by atoms with Gasteiger partial charge in [-0.25, -0.2) is 0 Å². The van der Waals surface area contributed by atoms with Crippen LogP contribution in [0.25, 0.3) is 0 Å². The number of ketones is 1. The minimum Gasteiger partial charge on any atom is -0.462 e. The highest BCUT2D eigenvalue weighted by atomic mass is 16.5. The third-order valence-electron chi connectivity index (χ3n) is 9.77. The Morgan fingerprint density at radius 2 is 1.81 bits per heavy atom. The van der Waals surface area contributed by atoms with E-state index in [4.69, 9.17) is 9.47 Å². The highest BCUT2D eigenvalue weighted by molar-refractivity contribution is 6.02. The van der Waals surface area contributed by atoms with Gasteiger partial charge in [-0.3, -0.25) is 19.2 Å². The summed E-state index contributed by atoms with van der Waals surface area (Å²) < 4.78 is 10.6. The Bertz CT molecular complexity index is 998. The molecule has 3 fully saturated rings. The number of fused-ring (bicyclic) bond motifs is 5. The molecule has 7 heteroatoms. The number of allylic oxidation sites excluding steroid dienone is 4. The zero-order valence-electron chi connectivity index (χ0n) is 22.4. The number of carbonyl (C=O) groups is 4. The Labute approximate surface area is 214 Å². The number of hydrogen-bond donors (Lipinski definition) is 1. The van der Waals surface area contributed by atoms with Gasteiger partial charge in [0, 0.05) is 30.7 Å². The summed E-state index contributed by atoms with van der Waals surface area (Å²) in [6.07, 6.45) is 11.3. The van der Waals surface area contributed by atoms with Gasteiger partial charge in [-0.05, 0) is 88.2 Å². The van der Waals surface area contributed by atoms with Crippen molar-refractivity contribution in [2.24, 2.45) is 28.6 Å². The lowest BCUT2D eigenvalue weighted by molar-refractivity contribution is -0.156. The molecule has 0 unspecified atom stereocenters. The third kappa shape index (κ3) is 4.90. The molecule has 1 amide bonds. The molecule has 4 aliphatic rings. The van der Waals surface area contributed by atoms with Crippen molar-refractivity contribution in [1.29, 1.82) is 0 Å². The first-order chi connectivity index (χ1) is 16.9. The molecule has 0 aliphatic heterocycles. The molecule has 0 radical (unpaired) electrons. The minimum atomic E-state index is -0.479. The number of rotatable bonds is 7. The summed E-state index contributed by atoms with van der Waals surface area (Å²) in [7, 11) is 0. The van der Waals surface area contributed by atoms with Crippen molar-refractivity contribution in [3.8, 4) is 0 Å². The summed E-state index contributed by atoms with van der Waals surface area (Å²) >= 11 is 0. The lowest BCUT2D eigenvalue weighted by atomic mass is 9.46. The highest BCUT2D eigenvalue weighted by Crippen LogP contribution is 2.66. The van der Waals surface area contributed by atoms with E-state index in [2.05, 4.69) is 19.2 Å². The zero-order valence-corrected chi connectivity index (χ0v) is 22.4. The van der Waals surface area contributed by atoms with E-state index in [1.165, 1.54) is 25.0 Å². The summed E-state index contributed by atoms with van der Waals surface area (Å²) in [6.45, 7) is 9.12. The maximum atomic E-state index is 12.7. The Morgan fingerprint density at radius 1 is 1.06 bits per heavy atom. The van der Waals surface area contributed by atoms with Gasteiger partial charge in [-0.2, -0.15) is 0 Å². The van der Waals surface area contributed by atoms with Gasteiger partial charge < -0.3 is 14.8 Å². The van der Waals surface area contributed by atoms with Crippen LogP contribution in [0.2, 0.25) is 0 Å². The number of esters is 2. The van der Waals surface area contributed by atoms with E-state index < -0.39 is 5.97 Å². The predicted molar refractivity (Wildman–Crippen MR) is 135 cm³/mol. The van der Waals surface area contributed by atoms with Crippen LogP contribution >= 0.6 is 0 Å². The smallest absolute Gasteiger partial charge is 0.303 e. The average molecular weight is 500 g/mol.